The highest BCUT2D eigenvalue weighted by atomic mass is 35.5. The Morgan fingerprint density at radius 2 is 1.78 bits per heavy atom. The first-order valence-corrected chi connectivity index (χ1v) is 7.56. The summed E-state index contributed by atoms with van der Waals surface area (Å²) >= 11 is 12.0. The molecule has 1 atom stereocenters. The number of hydrogen-bond acceptors (Lipinski definition) is 3. The third-order valence-corrected chi connectivity index (χ3v) is 4.33. The molecule has 0 aromatic heterocycles. The van der Waals surface area contributed by atoms with Gasteiger partial charge in [0.1, 0.15) is 11.9 Å². The van der Waals surface area contributed by atoms with Crippen LogP contribution in [0.3, 0.4) is 0 Å². The predicted octanol–water partition coefficient (Wildman–Crippen LogP) is 3.88. The summed E-state index contributed by atoms with van der Waals surface area (Å²) in [5.74, 6) is -1.22. The van der Waals surface area contributed by atoms with Crippen LogP contribution < -0.4 is 10.2 Å². The van der Waals surface area contributed by atoms with Gasteiger partial charge in [-0.05, 0) is 36.4 Å². The summed E-state index contributed by atoms with van der Waals surface area (Å²) in [6.45, 7) is 0. The summed E-state index contributed by atoms with van der Waals surface area (Å²) < 4.78 is 13.0. The fourth-order valence-electron chi connectivity index (χ4n) is 2.41. The van der Waals surface area contributed by atoms with E-state index >= 15 is 0 Å². The molecular formula is C16H11Cl2FN2O2. The van der Waals surface area contributed by atoms with E-state index < -0.39 is 17.8 Å². The summed E-state index contributed by atoms with van der Waals surface area (Å²) in [7, 11) is 0. The molecule has 1 N–H and O–H groups in total. The minimum Gasteiger partial charge on any atom is -0.372 e. The number of hydrogen-bond donors (Lipinski definition) is 1. The van der Waals surface area contributed by atoms with Crippen molar-refractivity contribution < 1.29 is 14.0 Å². The van der Waals surface area contributed by atoms with Crippen molar-refractivity contribution in [3.63, 3.8) is 0 Å². The predicted molar refractivity (Wildman–Crippen MR) is 87.4 cm³/mol. The highest BCUT2D eigenvalue weighted by Crippen LogP contribution is 2.32. The molecule has 1 fully saturated rings. The number of carbonyl (C=O) groups is 2. The first kappa shape index (κ1) is 15.8. The third kappa shape index (κ3) is 3.02. The van der Waals surface area contributed by atoms with Gasteiger partial charge in [-0.25, -0.2) is 9.29 Å². The second-order valence-corrected chi connectivity index (χ2v) is 5.83. The van der Waals surface area contributed by atoms with E-state index in [4.69, 9.17) is 23.2 Å². The Kier molecular flexibility index (Phi) is 4.24. The molecule has 0 aliphatic carbocycles. The number of rotatable bonds is 3. The van der Waals surface area contributed by atoms with E-state index in [0.29, 0.717) is 16.4 Å². The number of amides is 2. The van der Waals surface area contributed by atoms with Crippen LogP contribution in [0, 0.1) is 5.82 Å². The largest absolute Gasteiger partial charge is 0.372 e. The SMILES string of the molecule is O=C1C[C@H](Nc2cccc(Cl)c2Cl)C(=O)N1c1ccc(F)cc1. The van der Waals surface area contributed by atoms with Crippen molar-refractivity contribution >= 4 is 46.4 Å². The van der Waals surface area contributed by atoms with Crippen molar-refractivity contribution in [3.8, 4) is 0 Å². The van der Waals surface area contributed by atoms with Gasteiger partial charge in [-0.2, -0.15) is 0 Å². The first-order chi connectivity index (χ1) is 11.0. The highest BCUT2D eigenvalue weighted by molar-refractivity contribution is 6.43. The Morgan fingerprint density at radius 1 is 1.09 bits per heavy atom. The minimum absolute atomic E-state index is 0.0148. The minimum atomic E-state index is -0.747. The number of carbonyl (C=O) groups excluding carboxylic acids is 2. The van der Waals surface area contributed by atoms with Crippen LogP contribution in [0.5, 0.6) is 0 Å². The second-order valence-electron chi connectivity index (χ2n) is 5.05. The van der Waals surface area contributed by atoms with Gasteiger partial charge in [-0.15, -0.1) is 0 Å². The van der Waals surface area contributed by atoms with Crippen molar-refractivity contribution in [2.24, 2.45) is 0 Å². The summed E-state index contributed by atoms with van der Waals surface area (Å²) in [5.41, 5.74) is 0.814. The van der Waals surface area contributed by atoms with Gasteiger partial charge in [0.15, 0.2) is 0 Å². The fourth-order valence-corrected chi connectivity index (χ4v) is 2.76. The molecule has 1 aliphatic heterocycles. The van der Waals surface area contributed by atoms with Crippen LogP contribution in [0.25, 0.3) is 0 Å². The Hall–Kier alpha value is -2.11. The lowest BCUT2D eigenvalue weighted by molar-refractivity contribution is -0.121. The zero-order valence-electron chi connectivity index (χ0n) is 11.7. The summed E-state index contributed by atoms with van der Waals surface area (Å²) in [6, 6.07) is 9.42. The molecule has 1 saturated heterocycles. The molecule has 118 valence electrons. The quantitative estimate of drug-likeness (QED) is 0.852. The second kappa shape index (κ2) is 6.18. The van der Waals surface area contributed by atoms with E-state index in [0.717, 1.165) is 4.90 Å². The van der Waals surface area contributed by atoms with Crippen molar-refractivity contribution in [2.75, 3.05) is 10.2 Å². The van der Waals surface area contributed by atoms with Crippen molar-refractivity contribution in [2.45, 2.75) is 12.5 Å². The number of nitrogens with zero attached hydrogens (tertiary/aromatic N) is 1. The number of anilines is 2. The average Bonchev–Trinajstić information content (AvgIpc) is 2.79. The van der Waals surface area contributed by atoms with E-state index in [9.17, 15) is 14.0 Å². The molecule has 2 amide bonds. The number of halogens is 3. The lowest BCUT2D eigenvalue weighted by Gasteiger charge is -2.16. The highest BCUT2D eigenvalue weighted by Gasteiger charge is 2.39. The maximum atomic E-state index is 13.0. The van der Waals surface area contributed by atoms with Crippen LogP contribution >= 0.6 is 23.2 Å². The van der Waals surface area contributed by atoms with Crippen molar-refractivity contribution in [3.05, 3.63) is 58.3 Å². The molecule has 0 saturated carbocycles. The van der Waals surface area contributed by atoms with E-state index in [1.165, 1.54) is 24.3 Å². The van der Waals surface area contributed by atoms with E-state index in [-0.39, 0.29) is 17.4 Å². The van der Waals surface area contributed by atoms with Crippen LogP contribution in [0.2, 0.25) is 10.0 Å². The van der Waals surface area contributed by atoms with Crippen LogP contribution in [0.15, 0.2) is 42.5 Å². The molecular weight excluding hydrogens is 342 g/mol. The maximum Gasteiger partial charge on any atom is 0.256 e. The Bertz CT molecular complexity index is 780. The standard InChI is InChI=1S/C16H11Cl2FN2O2/c17-11-2-1-3-12(15(11)18)20-13-8-14(22)21(16(13)23)10-6-4-9(19)5-7-10/h1-7,13,20H,8H2/t13-/m0/s1. The Balaban J connectivity index is 1.84. The molecule has 0 unspecified atom stereocenters. The first-order valence-electron chi connectivity index (χ1n) is 6.80. The smallest absolute Gasteiger partial charge is 0.256 e. The van der Waals surface area contributed by atoms with E-state index in [1.807, 2.05) is 0 Å². The molecule has 0 bridgehead atoms. The summed E-state index contributed by atoms with van der Waals surface area (Å²) in [5, 5.41) is 3.58. The van der Waals surface area contributed by atoms with Crippen LogP contribution in [-0.4, -0.2) is 17.9 Å². The zero-order chi connectivity index (χ0) is 16.6. The van der Waals surface area contributed by atoms with Gasteiger partial charge in [0.25, 0.3) is 5.91 Å². The fraction of sp³-hybridized carbons (Fsp3) is 0.125. The van der Waals surface area contributed by atoms with Gasteiger partial charge < -0.3 is 5.32 Å². The lowest BCUT2D eigenvalue weighted by atomic mass is 10.2. The third-order valence-electron chi connectivity index (χ3n) is 3.51. The zero-order valence-corrected chi connectivity index (χ0v) is 13.2. The van der Waals surface area contributed by atoms with Crippen molar-refractivity contribution in [1.82, 2.24) is 0 Å². The van der Waals surface area contributed by atoms with E-state index in [2.05, 4.69) is 5.32 Å². The molecule has 0 radical (unpaired) electrons. The van der Waals surface area contributed by atoms with E-state index in [1.54, 1.807) is 18.2 Å². The molecule has 1 aliphatic rings. The Labute approximate surface area is 141 Å². The van der Waals surface area contributed by atoms with Crippen LogP contribution in [0.4, 0.5) is 15.8 Å². The van der Waals surface area contributed by atoms with Crippen molar-refractivity contribution in [1.29, 1.82) is 0 Å². The molecule has 0 spiro atoms. The molecule has 4 nitrogen and oxygen atoms in total. The van der Waals surface area contributed by atoms with Gasteiger partial charge in [0.05, 0.1) is 27.8 Å². The van der Waals surface area contributed by atoms with Gasteiger partial charge in [0.2, 0.25) is 5.91 Å². The number of benzene rings is 2. The monoisotopic (exact) mass is 352 g/mol. The number of nitrogens with one attached hydrogen (secondary N) is 1. The van der Waals surface area contributed by atoms with Gasteiger partial charge >= 0.3 is 0 Å². The molecule has 7 heteroatoms. The maximum absolute atomic E-state index is 13.0. The number of imide groups is 1. The molecule has 2 aromatic rings. The van der Waals surface area contributed by atoms with Crippen LogP contribution in [0.1, 0.15) is 6.42 Å². The molecule has 3 rings (SSSR count). The summed E-state index contributed by atoms with van der Waals surface area (Å²) in [4.78, 5) is 25.6. The topological polar surface area (TPSA) is 49.4 Å². The molecule has 23 heavy (non-hydrogen) atoms. The lowest BCUT2D eigenvalue weighted by Crippen LogP contribution is -2.34. The normalized spacial score (nSPS) is 17.7. The Morgan fingerprint density at radius 3 is 2.48 bits per heavy atom. The average molecular weight is 353 g/mol. The van der Waals surface area contributed by atoms with Gasteiger partial charge in [-0.1, -0.05) is 29.3 Å². The van der Waals surface area contributed by atoms with Gasteiger partial charge in [0, 0.05) is 0 Å². The molecule has 2 aromatic carbocycles. The van der Waals surface area contributed by atoms with Gasteiger partial charge in [-0.3, -0.25) is 9.59 Å². The molecule has 1 heterocycles. The summed E-state index contributed by atoms with van der Waals surface area (Å²) in [6.07, 6.45) is -0.0148. The van der Waals surface area contributed by atoms with Crippen LogP contribution in [-0.2, 0) is 9.59 Å².